The van der Waals surface area contributed by atoms with Gasteiger partial charge in [-0.3, -0.25) is 4.90 Å². The summed E-state index contributed by atoms with van der Waals surface area (Å²) in [6.07, 6.45) is 3.63. The molecule has 0 saturated carbocycles. The minimum Gasteiger partial charge on any atom is -0.489 e. The zero-order chi connectivity index (χ0) is 14.8. The standard InChI is InChI=1S/C20H21NO/c1-12-10-15-7-6-14-11-17-18-13(8-9-21(17)2)4-3-5-16(18)19(14)20(15)22-12/h3-7,12,17H,8-11H2,1-2H3/t12?,17-/m0/s1. The predicted molar refractivity (Wildman–Crippen MR) is 88.5 cm³/mol. The zero-order valence-corrected chi connectivity index (χ0v) is 13.2. The van der Waals surface area contributed by atoms with Crippen molar-refractivity contribution in [1.29, 1.82) is 0 Å². The third-order valence-electron chi connectivity index (χ3n) is 5.63. The van der Waals surface area contributed by atoms with Gasteiger partial charge in [-0.1, -0.05) is 30.3 Å². The molecule has 22 heavy (non-hydrogen) atoms. The highest BCUT2D eigenvalue weighted by atomic mass is 16.5. The molecule has 2 aromatic carbocycles. The van der Waals surface area contributed by atoms with Crippen molar-refractivity contribution in [3.8, 4) is 16.9 Å². The van der Waals surface area contributed by atoms with Crippen LogP contribution < -0.4 is 4.74 Å². The Kier molecular flexibility index (Phi) is 2.52. The van der Waals surface area contributed by atoms with E-state index in [1.165, 1.54) is 27.8 Å². The lowest BCUT2D eigenvalue weighted by atomic mass is 9.76. The van der Waals surface area contributed by atoms with E-state index in [1.807, 2.05) is 0 Å². The number of fused-ring (bicyclic) bond motifs is 4. The molecule has 2 aliphatic heterocycles. The van der Waals surface area contributed by atoms with Crippen molar-refractivity contribution in [3.05, 3.63) is 52.6 Å². The second kappa shape index (κ2) is 4.36. The summed E-state index contributed by atoms with van der Waals surface area (Å²) in [4.78, 5) is 2.52. The summed E-state index contributed by atoms with van der Waals surface area (Å²) in [6.45, 7) is 3.33. The van der Waals surface area contributed by atoms with Crippen molar-refractivity contribution in [2.24, 2.45) is 0 Å². The van der Waals surface area contributed by atoms with Gasteiger partial charge in [-0.25, -0.2) is 0 Å². The monoisotopic (exact) mass is 291 g/mol. The molecule has 2 aromatic rings. The van der Waals surface area contributed by atoms with Crippen LogP contribution in [0, 0.1) is 0 Å². The van der Waals surface area contributed by atoms with E-state index >= 15 is 0 Å². The Morgan fingerprint density at radius 2 is 1.91 bits per heavy atom. The van der Waals surface area contributed by atoms with Crippen LogP contribution in [0.25, 0.3) is 11.1 Å². The first-order valence-electron chi connectivity index (χ1n) is 8.36. The number of likely N-dealkylation sites (N-methyl/N-ethyl adjacent to an activating group) is 1. The van der Waals surface area contributed by atoms with E-state index in [0.717, 1.165) is 31.6 Å². The number of rotatable bonds is 0. The van der Waals surface area contributed by atoms with Crippen LogP contribution in [0.1, 0.15) is 35.2 Å². The lowest BCUT2D eigenvalue weighted by Crippen LogP contribution is -2.35. The maximum atomic E-state index is 6.20. The predicted octanol–water partition coefficient (Wildman–Crippen LogP) is 3.76. The van der Waals surface area contributed by atoms with Gasteiger partial charge in [-0.05, 0) is 54.6 Å². The van der Waals surface area contributed by atoms with Gasteiger partial charge >= 0.3 is 0 Å². The van der Waals surface area contributed by atoms with E-state index in [2.05, 4.69) is 49.2 Å². The molecule has 2 heterocycles. The summed E-state index contributed by atoms with van der Waals surface area (Å²) in [5.41, 5.74) is 8.73. The molecular formula is C20H21NO. The summed E-state index contributed by atoms with van der Waals surface area (Å²) >= 11 is 0. The molecule has 0 aromatic heterocycles. The molecule has 5 rings (SSSR count). The van der Waals surface area contributed by atoms with Crippen LogP contribution in [-0.4, -0.2) is 24.6 Å². The van der Waals surface area contributed by atoms with Gasteiger partial charge in [0.25, 0.3) is 0 Å². The summed E-state index contributed by atoms with van der Waals surface area (Å²) < 4.78 is 6.20. The highest BCUT2D eigenvalue weighted by Crippen LogP contribution is 2.50. The Hall–Kier alpha value is -1.80. The Bertz CT molecular complexity index is 780. The summed E-state index contributed by atoms with van der Waals surface area (Å²) in [6, 6.07) is 12.0. The van der Waals surface area contributed by atoms with E-state index in [-0.39, 0.29) is 0 Å². The fraction of sp³-hybridized carbons (Fsp3) is 0.400. The molecule has 1 unspecified atom stereocenters. The Labute approximate surface area is 131 Å². The molecule has 3 aliphatic rings. The summed E-state index contributed by atoms with van der Waals surface area (Å²) in [5.74, 6) is 1.16. The summed E-state index contributed by atoms with van der Waals surface area (Å²) in [7, 11) is 2.27. The molecule has 0 N–H and O–H groups in total. The number of ether oxygens (including phenoxy) is 1. The molecule has 0 spiro atoms. The van der Waals surface area contributed by atoms with Gasteiger partial charge in [0.05, 0.1) is 0 Å². The molecular weight excluding hydrogens is 270 g/mol. The molecule has 2 atom stereocenters. The lowest BCUT2D eigenvalue weighted by Gasteiger charge is -2.40. The van der Waals surface area contributed by atoms with Crippen LogP contribution in [0.2, 0.25) is 0 Å². The average molecular weight is 291 g/mol. The van der Waals surface area contributed by atoms with Gasteiger partial charge in [0.15, 0.2) is 0 Å². The quantitative estimate of drug-likeness (QED) is 0.733. The van der Waals surface area contributed by atoms with Crippen LogP contribution >= 0.6 is 0 Å². The fourth-order valence-corrected chi connectivity index (χ4v) is 4.56. The topological polar surface area (TPSA) is 12.5 Å². The minimum atomic E-state index is 0.307. The number of hydrogen-bond acceptors (Lipinski definition) is 2. The van der Waals surface area contributed by atoms with Gasteiger partial charge in [-0.2, -0.15) is 0 Å². The van der Waals surface area contributed by atoms with E-state index < -0.39 is 0 Å². The maximum Gasteiger partial charge on any atom is 0.131 e. The second-order valence-electron chi connectivity index (χ2n) is 7.05. The van der Waals surface area contributed by atoms with Crippen molar-refractivity contribution < 1.29 is 4.74 Å². The van der Waals surface area contributed by atoms with Gasteiger partial charge in [-0.15, -0.1) is 0 Å². The van der Waals surface area contributed by atoms with Crippen LogP contribution in [0.4, 0.5) is 0 Å². The van der Waals surface area contributed by atoms with Crippen molar-refractivity contribution in [2.45, 2.75) is 38.3 Å². The largest absolute Gasteiger partial charge is 0.489 e. The van der Waals surface area contributed by atoms with E-state index in [1.54, 1.807) is 5.56 Å². The Morgan fingerprint density at radius 3 is 2.82 bits per heavy atom. The van der Waals surface area contributed by atoms with Crippen LogP contribution in [0.3, 0.4) is 0 Å². The number of nitrogens with zero attached hydrogens (tertiary/aromatic N) is 1. The molecule has 0 fully saturated rings. The SMILES string of the molecule is CC1Cc2ccc3c(c2O1)-c1cccc2c1[C@H](C3)N(C)CC2. The van der Waals surface area contributed by atoms with Crippen LogP contribution in [0.5, 0.6) is 5.75 Å². The van der Waals surface area contributed by atoms with Crippen molar-refractivity contribution in [3.63, 3.8) is 0 Å². The normalized spacial score (nSPS) is 25.2. The average Bonchev–Trinajstić information content (AvgIpc) is 2.91. The van der Waals surface area contributed by atoms with Gasteiger partial charge in [0.2, 0.25) is 0 Å². The maximum absolute atomic E-state index is 6.20. The third kappa shape index (κ3) is 1.59. The smallest absolute Gasteiger partial charge is 0.131 e. The first kappa shape index (κ1) is 12.7. The molecule has 2 heteroatoms. The molecule has 0 bridgehead atoms. The highest BCUT2D eigenvalue weighted by molar-refractivity contribution is 5.82. The van der Waals surface area contributed by atoms with Crippen LogP contribution in [0.15, 0.2) is 30.3 Å². The summed E-state index contributed by atoms with van der Waals surface area (Å²) in [5, 5.41) is 0. The first-order chi connectivity index (χ1) is 10.7. The second-order valence-corrected chi connectivity index (χ2v) is 7.05. The van der Waals surface area contributed by atoms with E-state index in [9.17, 15) is 0 Å². The molecule has 0 radical (unpaired) electrons. The third-order valence-corrected chi connectivity index (χ3v) is 5.63. The lowest BCUT2D eigenvalue weighted by molar-refractivity contribution is 0.227. The van der Waals surface area contributed by atoms with Crippen molar-refractivity contribution >= 4 is 0 Å². The number of benzene rings is 2. The zero-order valence-electron chi connectivity index (χ0n) is 13.2. The van der Waals surface area contributed by atoms with E-state index in [0.29, 0.717) is 12.1 Å². The minimum absolute atomic E-state index is 0.307. The molecule has 2 nitrogen and oxygen atoms in total. The molecule has 1 aliphatic carbocycles. The van der Waals surface area contributed by atoms with Crippen molar-refractivity contribution in [1.82, 2.24) is 4.90 Å². The van der Waals surface area contributed by atoms with Gasteiger partial charge in [0, 0.05) is 24.6 Å². The molecule has 0 saturated heterocycles. The molecule has 112 valence electrons. The Balaban J connectivity index is 1.80. The number of hydrogen-bond donors (Lipinski definition) is 0. The van der Waals surface area contributed by atoms with Crippen molar-refractivity contribution in [2.75, 3.05) is 13.6 Å². The highest BCUT2D eigenvalue weighted by Gasteiger charge is 2.35. The Morgan fingerprint density at radius 1 is 1.05 bits per heavy atom. The van der Waals surface area contributed by atoms with Gasteiger partial charge < -0.3 is 4.74 Å². The van der Waals surface area contributed by atoms with E-state index in [4.69, 9.17) is 4.74 Å². The first-order valence-corrected chi connectivity index (χ1v) is 8.36. The fourth-order valence-electron chi connectivity index (χ4n) is 4.56. The van der Waals surface area contributed by atoms with Crippen LogP contribution in [-0.2, 0) is 19.3 Å². The van der Waals surface area contributed by atoms with Gasteiger partial charge in [0.1, 0.15) is 11.9 Å². The molecule has 0 amide bonds.